The standard InChI is InChI=1S/C23H22ClN5O2/c1-4-17-20(15-9-8-10-16(24)13-15)22-27-26-21(14(3)29(22)28-17)23(30)25-18-11-6-7-12-19(18)31-5-2/h6-13H,4-5H2,1-3H3,(H,25,30). The summed E-state index contributed by atoms with van der Waals surface area (Å²) in [5, 5.41) is 16.8. The Bertz CT molecular complexity index is 1270. The lowest BCUT2D eigenvalue weighted by Gasteiger charge is -2.12. The first-order valence-electron chi connectivity index (χ1n) is 10.1. The number of anilines is 1. The van der Waals surface area contributed by atoms with Gasteiger partial charge in [0, 0.05) is 5.02 Å². The van der Waals surface area contributed by atoms with Gasteiger partial charge in [-0.1, -0.05) is 42.8 Å². The number of hydrogen-bond donors (Lipinski definition) is 1. The van der Waals surface area contributed by atoms with E-state index in [1.807, 2.05) is 50.2 Å². The minimum absolute atomic E-state index is 0.196. The van der Waals surface area contributed by atoms with E-state index >= 15 is 0 Å². The summed E-state index contributed by atoms with van der Waals surface area (Å²) in [5.41, 5.74) is 4.60. The van der Waals surface area contributed by atoms with Crippen LogP contribution in [0.1, 0.15) is 35.7 Å². The van der Waals surface area contributed by atoms with Crippen LogP contribution in [0.5, 0.6) is 5.75 Å². The molecule has 7 nitrogen and oxygen atoms in total. The topological polar surface area (TPSA) is 81.4 Å². The minimum Gasteiger partial charge on any atom is -0.492 e. The maximum Gasteiger partial charge on any atom is 0.278 e. The molecule has 0 fully saturated rings. The van der Waals surface area contributed by atoms with Crippen molar-refractivity contribution in [1.29, 1.82) is 0 Å². The lowest BCUT2D eigenvalue weighted by Crippen LogP contribution is -2.19. The Labute approximate surface area is 185 Å². The van der Waals surface area contributed by atoms with E-state index in [0.29, 0.717) is 40.8 Å². The third kappa shape index (κ3) is 3.96. The number of nitrogens with one attached hydrogen (secondary N) is 1. The second kappa shape index (κ2) is 8.73. The van der Waals surface area contributed by atoms with Gasteiger partial charge in [0.1, 0.15) is 5.75 Å². The second-order valence-corrected chi connectivity index (χ2v) is 7.37. The summed E-state index contributed by atoms with van der Waals surface area (Å²) < 4.78 is 7.26. The van der Waals surface area contributed by atoms with E-state index in [9.17, 15) is 4.79 Å². The predicted molar refractivity (Wildman–Crippen MR) is 121 cm³/mol. The molecule has 0 aliphatic heterocycles. The average Bonchev–Trinajstić information content (AvgIpc) is 3.15. The van der Waals surface area contributed by atoms with Crippen LogP contribution in [0.15, 0.2) is 48.5 Å². The molecule has 0 aliphatic carbocycles. The number of benzene rings is 2. The van der Waals surface area contributed by atoms with Crippen LogP contribution in [-0.2, 0) is 6.42 Å². The number of hydrogen-bond acceptors (Lipinski definition) is 5. The van der Waals surface area contributed by atoms with Crippen molar-refractivity contribution in [1.82, 2.24) is 19.8 Å². The van der Waals surface area contributed by atoms with E-state index in [1.54, 1.807) is 23.6 Å². The molecule has 0 spiro atoms. The van der Waals surface area contributed by atoms with Crippen LogP contribution in [-0.4, -0.2) is 32.3 Å². The number of carbonyl (C=O) groups excluding carboxylic acids is 1. The zero-order chi connectivity index (χ0) is 22.0. The van der Waals surface area contributed by atoms with Crippen molar-refractivity contribution < 1.29 is 9.53 Å². The Balaban J connectivity index is 1.76. The van der Waals surface area contributed by atoms with Gasteiger partial charge in [0.15, 0.2) is 11.3 Å². The zero-order valence-electron chi connectivity index (χ0n) is 17.5. The Morgan fingerprint density at radius 1 is 1.13 bits per heavy atom. The molecule has 1 amide bonds. The minimum atomic E-state index is -0.378. The first-order valence-corrected chi connectivity index (χ1v) is 10.4. The first kappa shape index (κ1) is 20.8. The van der Waals surface area contributed by atoms with Gasteiger partial charge < -0.3 is 10.1 Å². The summed E-state index contributed by atoms with van der Waals surface area (Å²) >= 11 is 6.19. The Kier molecular flexibility index (Phi) is 5.86. The Hall–Kier alpha value is -3.45. The third-order valence-corrected chi connectivity index (χ3v) is 5.17. The van der Waals surface area contributed by atoms with Gasteiger partial charge in [0.2, 0.25) is 0 Å². The number of rotatable bonds is 6. The molecule has 0 radical (unpaired) electrons. The van der Waals surface area contributed by atoms with Crippen LogP contribution in [0, 0.1) is 6.92 Å². The van der Waals surface area contributed by atoms with Crippen LogP contribution in [0.2, 0.25) is 5.02 Å². The maximum absolute atomic E-state index is 13.0. The molecule has 4 rings (SSSR count). The highest BCUT2D eigenvalue weighted by Crippen LogP contribution is 2.30. The second-order valence-electron chi connectivity index (χ2n) is 6.94. The van der Waals surface area contributed by atoms with Crippen molar-refractivity contribution in [2.75, 3.05) is 11.9 Å². The average molecular weight is 436 g/mol. The molecule has 0 saturated carbocycles. The summed E-state index contributed by atoms with van der Waals surface area (Å²) in [5.74, 6) is 0.220. The van der Waals surface area contributed by atoms with Crippen LogP contribution < -0.4 is 10.1 Å². The number of carbonyl (C=O) groups is 1. The van der Waals surface area contributed by atoms with Gasteiger partial charge in [0.05, 0.1) is 29.2 Å². The lowest BCUT2D eigenvalue weighted by molar-refractivity contribution is 0.101. The molecule has 0 bridgehead atoms. The fraction of sp³-hybridized carbons (Fsp3) is 0.217. The van der Waals surface area contributed by atoms with E-state index in [4.69, 9.17) is 21.4 Å². The highest BCUT2D eigenvalue weighted by molar-refractivity contribution is 6.30. The third-order valence-electron chi connectivity index (χ3n) is 4.94. The number of halogens is 1. The molecule has 158 valence electrons. The molecule has 2 aromatic carbocycles. The molecule has 2 heterocycles. The summed E-state index contributed by atoms with van der Waals surface area (Å²) in [4.78, 5) is 13.0. The maximum atomic E-state index is 13.0. The molecule has 31 heavy (non-hydrogen) atoms. The van der Waals surface area contributed by atoms with Crippen molar-refractivity contribution in [2.24, 2.45) is 0 Å². The number of para-hydroxylation sites is 2. The summed E-state index contributed by atoms with van der Waals surface area (Å²) in [6, 6.07) is 14.8. The molecule has 0 aliphatic rings. The van der Waals surface area contributed by atoms with Gasteiger partial charge in [-0.15, -0.1) is 10.2 Å². The SMILES string of the molecule is CCOc1ccccc1NC(=O)c1nnc2c(-c3cccc(Cl)c3)c(CC)nn2c1C. The van der Waals surface area contributed by atoms with Gasteiger partial charge >= 0.3 is 0 Å². The van der Waals surface area contributed by atoms with Crippen molar-refractivity contribution in [3.8, 4) is 16.9 Å². The van der Waals surface area contributed by atoms with Gasteiger partial charge in [-0.25, -0.2) is 4.52 Å². The zero-order valence-corrected chi connectivity index (χ0v) is 18.3. The first-order chi connectivity index (χ1) is 15.0. The van der Waals surface area contributed by atoms with E-state index in [2.05, 4.69) is 15.5 Å². The van der Waals surface area contributed by atoms with E-state index in [-0.39, 0.29) is 11.6 Å². The van der Waals surface area contributed by atoms with E-state index in [1.165, 1.54) is 0 Å². The molecule has 0 saturated heterocycles. The number of aromatic nitrogens is 4. The summed E-state index contributed by atoms with van der Waals surface area (Å²) in [6.07, 6.45) is 0.702. The van der Waals surface area contributed by atoms with Crippen molar-refractivity contribution in [2.45, 2.75) is 27.2 Å². The van der Waals surface area contributed by atoms with Crippen molar-refractivity contribution in [3.05, 3.63) is 70.6 Å². The molecule has 8 heteroatoms. The van der Waals surface area contributed by atoms with Crippen LogP contribution in [0.25, 0.3) is 16.8 Å². The van der Waals surface area contributed by atoms with Gasteiger partial charge in [-0.05, 0) is 50.1 Å². The van der Waals surface area contributed by atoms with Crippen molar-refractivity contribution in [3.63, 3.8) is 0 Å². The lowest BCUT2D eigenvalue weighted by atomic mass is 10.0. The molecule has 2 aromatic heterocycles. The summed E-state index contributed by atoms with van der Waals surface area (Å²) in [6.45, 7) is 6.22. The number of ether oxygens (including phenoxy) is 1. The molecule has 1 N–H and O–H groups in total. The quantitative estimate of drug-likeness (QED) is 0.462. The van der Waals surface area contributed by atoms with Crippen LogP contribution in [0.4, 0.5) is 5.69 Å². The monoisotopic (exact) mass is 435 g/mol. The molecule has 0 atom stereocenters. The van der Waals surface area contributed by atoms with E-state index < -0.39 is 0 Å². The van der Waals surface area contributed by atoms with Gasteiger partial charge in [0.25, 0.3) is 5.91 Å². The Morgan fingerprint density at radius 3 is 2.68 bits per heavy atom. The van der Waals surface area contributed by atoms with E-state index in [0.717, 1.165) is 16.8 Å². The molecule has 4 aromatic rings. The summed E-state index contributed by atoms with van der Waals surface area (Å²) in [7, 11) is 0. The molecule has 0 unspecified atom stereocenters. The van der Waals surface area contributed by atoms with Crippen LogP contribution in [0.3, 0.4) is 0 Å². The Morgan fingerprint density at radius 2 is 1.94 bits per heavy atom. The number of nitrogens with zero attached hydrogens (tertiary/aromatic N) is 4. The molecular formula is C23H22ClN5O2. The predicted octanol–water partition coefficient (Wildman–Crippen LogP) is 4.97. The molecular weight excluding hydrogens is 414 g/mol. The highest BCUT2D eigenvalue weighted by Gasteiger charge is 2.22. The normalized spacial score (nSPS) is 11.0. The fourth-order valence-corrected chi connectivity index (χ4v) is 3.67. The number of aryl methyl sites for hydroxylation is 2. The van der Waals surface area contributed by atoms with Gasteiger partial charge in [-0.3, -0.25) is 4.79 Å². The number of amides is 1. The number of fused-ring (bicyclic) bond motifs is 1. The largest absolute Gasteiger partial charge is 0.492 e. The van der Waals surface area contributed by atoms with Gasteiger partial charge in [-0.2, -0.15) is 5.10 Å². The van der Waals surface area contributed by atoms with Crippen LogP contribution >= 0.6 is 11.6 Å². The highest BCUT2D eigenvalue weighted by atomic mass is 35.5. The smallest absolute Gasteiger partial charge is 0.278 e. The fourth-order valence-electron chi connectivity index (χ4n) is 3.48. The van der Waals surface area contributed by atoms with Crippen molar-refractivity contribution >= 4 is 28.8 Å².